The average Bonchev–Trinajstić information content (AvgIpc) is 2.28. The van der Waals surface area contributed by atoms with Crippen LogP contribution >= 0.6 is 23.2 Å². The zero-order chi connectivity index (χ0) is 11.5. The molecule has 0 aliphatic carbocycles. The molecule has 0 bridgehead atoms. The van der Waals surface area contributed by atoms with Crippen molar-refractivity contribution in [3.8, 4) is 11.3 Å². The van der Waals surface area contributed by atoms with Gasteiger partial charge in [-0.3, -0.25) is 0 Å². The first-order valence-corrected chi connectivity index (χ1v) is 5.58. The molecule has 1 heterocycles. The number of halogens is 3. The van der Waals surface area contributed by atoms with Crippen LogP contribution in [0.1, 0.15) is 5.56 Å². The van der Waals surface area contributed by atoms with E-state index in [9.17, 15) is 4.39 Å². The summed E-state index contributed by atoms with van der Waals surface area (Å²) in [6, 6.07) is 9.70. The van der Waals surface area contributed by atoms with Crippen molar-refractivity contribution in [2.24, 2.45) is 0 Å². The topological polar surface area (TPSA) is 12.9 Å². The minimum atomic E-state index is -0.299. The minimum absolute atomic E-state index is 0.299. The molecule has 1 aromatic heterocycles. The predicted molar refractivity (Wildman–Crippen MR) is 64.2 cm³/mol. The Morgan fingerprint density at radius 3 is 2.69 bits per heavy atom. The second-order valence-electron chi connectivity index (χ2n) is 3.33. The average molecular weight is 256 g/mol. The van der Waals surface area contributed by atoms with Crippen LogP contribution in [0.25, 0.3) is 11.3 Å². The Bertz CT molecular complexity index is 514. The molecule has 0 fully saturated rings. The van der Waals surface area contributed by atoms with Gasteiger partial charge in [-0.25, -0.2) is 9.37 Å². The van der Waals surface area contributed by atoms with Gasteiger partial charge in [-0.15, -0.1) is 11.6 Å². The Hall–Kier alpha value is -1.12. The lowest BCUT2D eigenvalue weighted by molar-refractivity contribution is 0.628. The van der Waals surface area contributed by atoms with Gasteiger partial charge in [-0.2, -0.15) is 0 Å². The molecule has 16 heavy (non-hydrogen) atoms. The molecule has 0 saturated heterocycles. The van der Waals surface area contributed by atoms with Crippen molar-refractivity contribution < 1.29 is 4.39 Å². The third kappa shape index (κ3) is 2.52. The Labute approximate surface area is 103 Å². The molecule has 0 spiro atoms. The van der Waals surface area contributed by atoms with Gasteiger partial charge in [0.25, 0.3) is 0 Å². The summed E-state index contributed by atoms with van der Waals surface area (Å²) in [5, 5.41) is 0.359. The molecule has 82 valence electrons. The van der Waals surface area contributed by atoms with Crippen LogP contribution in [0.4, 0.5) is 4.39 Å². The van der Waals surface area contributed by atoms with E-state index < -0.39 is 0 Å². The number of rotatable bonds is 2. The summed E-state index contributed by atoms with van der Waals surface area (Å²) in [5.74, 6) is 0.0524. The molecule has 0 radical (unpaired) electrons. The van der Waals surface area contributed by atoms with Crippen LogP contribution in [-0.2, 0) is 5.88 Å². The van der Waals surface area contributed by atoms with E-state index in [1.807, 2.05) is 0 Å². The molecule has 0 aliphatic heterocycles. The minimum Gasteiger partial charge on any atom is -0.236 e. The van der Waals surface area contributed by atoms with Gasteiger partial charge in [0.05, 0.1) is 5.69 Å². The van der Waals surface area contributed by atoms with Crippen molar-refractivity contribution in [1.29, 1.82) is 0 Å². The summed E-state index contributed by atoms with van der Waals surface area (Å²) in [6.07, 6.45) is 0. The maximum absolute atomic E-state index is 13.0. The van der Waals surface area contributed by atoms with Crippen LogP contribution in [0, 0.1) is 5.82 Å². The standard InChI is InChI=1S/C12H8Cl2FN/c13-7-8-4-11(16-12(14)5-8)9-2-1-3-10(15)6-9/h1-6H,7H2. The van der Waals surface area contributed by atoms with Crippen LogP contribution < -0.4 is 0 Å². The zero-order valence-corrected chi connectivity index (χ0v) is 9.76. The Balaban J connectivity index is 2.51. The molecule has 0 atom stereocenters. The Kier molecular flexibility index (Phi) is 3.42. The van der Waals surface area contributed by atoms with Crippen LogP contribution in [0.15, 0.2) is 36.4 Å². The summed E-state index contributed by atoms with van der Waals surface area (Å²) in [4.78, 5) is 4.13. The summed E-state index contributed by atoms with van der Waals surface area (Å²) in [5.41, 5.74) is 2.18. The van der Waals surface area contributed by atoms with Crippen LogP contribution in [0.5, 0.6) is 0 Å². The quantitative estimate of drug-likeness (QED) is 0.577. The van der Waals surface area contributed by atoms with Gasteiger partial charge in [0.2, 0.25) is 0 Å². The highest BCUT2D eigenvalue weighted by molar-refractivity contribution is 6.29. The molecule has 4 heteroatoms. The highest BCUT2D eigenvalue weighted by Crippen LogP contribution is 2.22. The van der Waals surface area contributed by atoms with E-state index in [1.165, 1.54) is 12.1 Å². The van der Waals surface area contributed by atoms with Crippen LogP contribution in [-0.4, -0.2) is 4.98 Å². The van der Waals surface area contributed by atoms with Gasteiger partial charge in [-0.05, 0) is 29.8 Å². The lowest BCUT2D eigenvalue weighted by Gasteiger charge is -2.04. The van der Waals surface area contributed by atoms with E-state index in [0.29, 0.717) is 22.3 Å². The fourth-order valence-corrected chi connectivity index (χ4v) is 1.81. The van der Waals surface area contributed by atoms with Crippen molar-refractivity contribution >= 4 is 23.2 Å². The molecule has 0 N–H and O–H groups in total. The highest BCUT2D eigenvalue weighted by Gasteiger charge is 2.04. The van der Waals surface area contributed by atoms with E-state index in [-0.39, 0.29) is 5.82 Å². The van der Waals surface area contributed by atoms with Gasteiger partial charge >= 0.3 is 0 Å². The molecule has 2 aromatic rings. The first-order chi connectivity index (χ1) is 7.69. The van der Waals surface area contributed by atoms with E-state index in [0.717, 1.165) is 5.56 Å². The first-order valence-electron chi connectivity index (χ1n) is 4.67. The van der Waals surface area contributed by atoms with Crippen molar-refractivity contribution in [3.05, 3.63) is 52.9 Å². The number of benzene rings is 1. The SMILES string of the molecule is Fc1cccc(-c2cc(CCl)cc(Cl)n2)c1. The lowest BCUT2D eigenvalue weighted by atomic mass is 10.1. The smallest absolute Gasteiger partial charge is 0.130 e. The van der Waals surface area contributed by atoms with E-state index in [4.69, 9.17) is 23.2 Å². The van der Waals surface area contributed by atoms with Gasteiger partial charge in [0, 0.05) is 11.4 Å². The molecular formula is C12H8Cl2FN. The molecule has 0 amide bonds. The number of alkyl halides is 1. The van der Waals surface area contributed by atoms with Gasteiger partial charge in [-0.1, -0.05) is 23.7 Å². The number of nitrogens with zero attached hydrogens (tertiary/aromatic N) is 1. The van der Waals surface area contributed by atoms with E-state index in [2.05, 4.69) is 4.98 Å². The number of hydrogen-bond acceptors (Lipinski definition) is 1. The molecule has 1 nitrogen and oxygen atoms in total. The van der Waals surface area contributed by atoms with Gasteiger partial charge in [0.15, 0.2) is 0 Å². The summed E-state index contributed by atoms with van der Waals surface area (Å²) in [7, 11) is 0. The summed E-state index contributed by atoms with van der Waals surface area (Å²) in [6.45, 7) is 0. The summed E-state index contributed by atoms with van der Waals surface area (Å²) >= 11 is 11.6. The molecule has 1 aromatic carbocycles. The van der Waals surface area contributed by atoms with Gasteiger partial charge < -0.3 is 0 Å². The first kappa shape index (κ1) is 11.4. The highest BCUT2D eigenvalue weighted by atomic mass is 35.5. The van der Waals surface area contributed by atoms with Crippen LogP contribution in [0.2, 0.25) is 5.15 Å². The fourth-order valence-electron chi connectivity index (χ4n) is 1.42. The largest absolute Gasteiger partial charge is 0.236 e. The molecule has 0 aliphatic rings. The molecule has 2 rings (SSSR count). The van der Waals surface area contributed by atoms with Crippen molar-refractivity contribution in [1.82, 2.24) is 4.98 Å². The fraction of sp³-hybridized carbons (Fsp3) is 0.0833. The monoisotopic (exact) mass is 255 g/mol. The normalized spacial score (nSPS) is 10.4. The third-order valence-corrected chi connectivity index (χ3v) is 2.63. The summed E-state index contributed by atoms with van der Waals surface area (Å²) < 4.78 is 13.0. The van der Waals surface area contributed by atoms with Crippen molar-refractivity contribution in [3.63, 3.8) is 0 Å². The van der Waals surface area contributed by atoms with E-state index in [1.54, 1.807) is 24.3 Å². The molecular weight excluding hydrogens is 248 g/mol. The number of hydrogen-bond donors (Lipinski definition) is 0. The maximum atomic E-state index is 13.0. The second kappa shape index (κ2) is 4.81. The van der Waals surface area contributed by atoms with Crippen molar-refractivity contribution in [2.75, 3.05) is 0 Å². The van der Waals surface area contributed by atoms with E-state index >= 15 is 0 Å². The zero-order valence-electron chi connectivity index (χ0n) is 8.25. The van der Waals surface area contributed by atoms with Crippen molar-refractivity contribution in [2.45, 2.75) is 5.88 Å². The number of aromatic nitrogens is 1. The maximum Gasteiger partial charge on any atom is 0.130 e. The van der Waals surface area contributed by atoms with Gasteiger partial charge in [0.1, 0.15) is 11.0 Å². The number of pyridine rings is 1. The Morgan fingerprint density at radius 2 is 2.00 bits per heavy atom. The third-order valence-electron chi connectivity index (χ3n) is 2.13. The molecule has 0 saturated carbocycles. The Morgan fingerprint density at radius 1 is 1.19 bits per heavy atom. The lowest BCUT2D eigenvalue weighted by Crippen LogP contribution is -1.88. The van der Waals surface area contributed by atoms with Crippen LogP contribution in [0.3, 0.4) is 0 Å². The second-order valence-corrected chi connectivity index (χ2v) is 3.98. The molecule has 0 unspecified atom stereocenters. The predicted octanol–water partition coefficient (Wildman–Crippen LogP) is 4.28.